The predicted octanol–water partition coefficient (Wildman–Crippen LogP) is 2.36. The number of carbonyl (C=O) groups is 1. The molecule has 1 heterocycles. The number of phenols is 1. The van der Waals surface area contributed by atoms with E-state index in [0.717, 1.165) is 45.3 Å². The normalized spacial score (nSPS) is 21.2. The van der Waals surface area contributed by atoms with Crippen LogP contribution in [0.25, 0.3) is 0 Å². The Morgan fingerprint density at radius 1 is 1.32 bits per heavy atom. The van der Waals surface area contributed by atoms with E-state index in [4.69, 9.17) is 4.74 Å². The molecule has 0 saturated carbocycles. The van der Waals surface area contributed by atoms with Gasteiger partial charge in [0.05, 0.1) is 18.3 Å². The van der Waals surface area contributed by atoms with Crippen LogP contribution >= 0.6 is 0 Å². The minimum absolute atomic E-state index is 0.0104. The number of phenolic OH excluding ortho intramolecular Hbond substituents is 1. The number of amides is 1. The lowest BCUT2D eigenvalue weighted by Crippen LogP contribution is -2.48. The van der Waals surface area contributed by atoms with E-state index in [0.29, 0.717) is 24.6 Å². The molecule has 1 saturated heterocycles. The molecule has 1 amide bonds. The quantitative estimate of drug-likeness (QED) is 0.859. The third-order valence-corrected chi connectivity index (χ3v) is 5.04. The smallest absolute Gasteiger partial charge is 0.255 e. The number of fused-ring (bicyclic) bond motifs is 1. The Labute approximate surface area is 150 Å². The highest BCUT2D eigenvalue weighted by molar-refractivity contribution is 5.97. The van der Waals surface area contributed by atoms with Crippen LogP contribution in [0.1, 0.15) is 48.2 Å². The van der Waals surface area contributed by atoms with Gasteiger partial charge in [-0.3, -0.25) is 9.69 Å². The molecule has 1 unspecified atom stereocenters. The lowest BCUT2D eigenvalue weighted by atomic mass is 9.90. The third-order valence-electron chi connectivity index (χ3n) is 5.04. The Morgan fingerprint density at radius 3 is 2.76 bits per heavy atom. The van der Waals surface area contributed by atoms with Crippen molar-refractivity contribution < 1.29 is 14.6 Å². The van der Waals surface area contributed by atoms with E-state index in [2.05, 4.69) is 24.1 Å². The van der Waals surface area contributed by atoms with Crippen molar-refractivity contribution in [1.82, 2.24) is 10.2 Å². The molecule has 0 bridgehead atoms. The summed E-state index contributed by atoms with van der Waals surface area (Å²) in [6.45, 7) is 8.46. The van der Waals surface area contributed by atoms with Crippen LogP contribution in [0.15, 0.2) is 12.1 Å². The number of morpholine rings is 1. The van der Waals surface area contributed by atoms with E-state index < -0.39 is 0 Å². The molecule has 5 heteroatoms. The highest BCUT2D eigenvalue weighted by Crippen LogP contribution is 2.28. The van der Waals surface area contributed by atoms with Crippen molar-refractivity contribution in [3.63, 3.8) is 0 Å². The number of aromatic hydroxyl groups is 1. The topological polar surface area (TPSA) is 61.8 Å². The Hall–Kier alpha value is -1.59. The van der Waals surface area contributed by atoms with Gasteiger partial charge in [0, 0.05) is 26.2 Å². The van der Waals surface area contributed by atoms with Gasteiger partial charge in [0.15, 0.2) is 0 Å². The van der Waals surface area contributed by atoms with Gasteiger partial charge in [-0.15, -0.1) is 0 Å². The molecule has 1 aliphatic carbocycles. The summed E-state index contributed by atoms with van der Waals surface area (Å²) < 4.78 is 5.78. The molecule has 2 N–H and O–H groups in total. The summed E-state index contributed by atoms with van der Waals surface area (Å²) in [6, 6.07) is 3.64. The lowest BCUT2D eigenvalue weighted by molar-refractivity contribution is -0.0295. The van der Waals surface area contributed by atoms with Crippen molar-refractivity contribution >= 4 is 5.91 Å². The Bertz CT molecular complexity index is 615. The molecule has 1 aliphatic heterocycles. The number of rotatable bonds is 5. The van der Waals surface area contributed by atoms with E-state index in [1.54, 1.807) is 6.07 Å². The molecule has 0 spiro atoms. The maximum Gasteiger partial charge on any atom is 0.255 e. The summed E-state index contributed by atoms with van der Waals surface area (Å²) in [5, 5.41) is 13.2. The maximum absolute atomic E-state index is 12.5. The largest absolute Gasteiger partial charge is 0.507 e. The molecule has 25 heavy (non-hydrogen) atoms. The molecule has 138 valence electrons. The van der Waals surface area contributed by atoms with Crippen LogP contribution in [0.2, 0.25) is 0 Å². The van der Waals surface area contributed by atoms with Gasteiger partial charge in [-0.2, -0.15) is 0 Å². The van der Waals surface area contributed by atoms with Crippen LogP contribution in [0.3, 0.4) is 0 Å². The average molecular weight is 346 g/mol. The Balaban J connectivity index is 1.57. The first-order valence-electron chi connectivity index (χ1n) is 9.50. The maximum atomic E-state index is 12.5. The molecule has 2 aliphatic rings. The number of hydrogen-bond donors (Lipinski definition) is 2. The van der Waals surface area contributed by atoms with E-state index in [1.807, 2.05) is 6.07 Å². The van der Waals surface area contributed by atoms with Crippen molar-refractivity contribution in [3.8, 4) is 5.75 Å². The summed E-state index contributed by atoms with van der Waals surface area (Å²) in [7, 11) is 0. The fraction of sp³-hybridized carbons (Fsp3) is 0.650. The number of ether oxygens (including phenoxy) is 1. The number of aryl methyl sites for hydroxylation is 2. The highest BCUT2D eigenvalue weighted by atomic mass is 16.5. The van der Waals surface area contributed by atoms with Crippen LogP contribution in [0, 0.1) is 5.92 Å². The first kappa shape index (κ1) is 18.2. The van der Waals surface area contributed by atoms with Crippen molar-refractivity contribution in [2.24, 2.45) is 5.92 Å². The van der Waals surface area contributed by atoms with Gasteiger partial charge in [-0.05, 0) is 54.9 Å². The summed E-state index contributed by atoms with van der Waals surface area (Å²) in [5.74, 6) is 0.500. The number of nitrogens with one attached hydrogen (secondary N) is 1. The summed E-state index contributed by atoms with van der Waals surface area (Å²) in [5.41, 5.74) is 2.77. The molecule has 0 radical (unpaired) electrons. The van der Waals surface area contributed by atoms with E-state index >= 15 is 0 Å². The molecule has 3 rings (SSSR count). The molecule has 1 aromatic rings. The van der Waals surface area contributed by atoms with E-state index in [9.17, 15) is 9.90 Å². The minimum Gasteiger partial charge on any atom is -0.507 e. The fourth-order valence-corrected chi connectivity index (χ4v) is 3.84. The van der Waals surface area contributed by atoms with Crippen molar-refractivity contribution in [3.05, 3.63) is 28.8 Å². The van der Waals surface area contributed by atoms with Crippen LogP contribution in [-0.2, 0) is 17.6 Å². The van der Waals surface area contributed by atoms with E-state index in [1.165, 1.54) is 11.1 Å². The van der Waals surface area contributed by atoms with Gasteiger partial charge in [0.25, 0.3) is 5.91 Å². The van der Waals surface area contributed by atoms with Gasteiger partial charge >= 0.3 is 0 Å². The van der Waals surface area contributed by atoms with Gasteiger partial charge in [-0.25, -0.2) is 0 Å². The predicted molar refractivity (Wildman–Crippen MR) is 98.1 cm³/mol. The first-order chi connectivity index (χ1) is 12.0. The van der Waals surface area contributed by atoms with Crippen molar-refractivity contribution in [1.29, 1.82) is 0 Å². The minimum atomic E-state index is -0.213. The van der Waals surface area contributed by atoms with E-state index in [-0.39, 0.29) is 17.8 Å². The second kappa shape index (κ2) is 8.19. The van der Waals surface area contributed by atoms with Gasteiger partial charge < -0.3 is 15.2 Å². The van der Waals surface area contributed by atoms with Crippen LogP contribution < -0.4 is 5.32 Å². The van der Waals surface area contributed by atoms with Crippen molar-refractivity contribution in [2.75, 3.05) is 32.8 Å². The number of carbonyl (C=O) groups excluding carboxylic acids is 1. The average Bonchev–Trinajstić information content (AvgIpc) is 2.59. The second-order valence-electron chi connectivity index (χ2n) is 7.70. The molecular formula is C20H30N2O3. The van der Waals surface area contributed by atoms with Gasteiger partial charge in [0.1, 0.15) is 5.75 Å². The molecule has 1 fully saturated rings. The highest BCUT2D eigenvalue weighted by Gasteiger charge is 2.23. The molecule has 1 atom stereocenters. The zero-order valence-electron chi connectivity index (χ0n) is 15.4. The SMILES string of the molecule is CC(C)CN1CCOC(CNC(=O)c2cc3c(cc2O)CCCC3)C1. The standard InChI is InChI=1S/C20H30N2O3/c1-14(2)12-22-7-8-25-17(13-22)11-21-20(24)18-9-15-5-3-4-6-16(15)10-19(18)23/h9-10,14,17,23H,3-8,11-13H2,1-2H3,(H,21,24). The zero-order valence-corrected chi connectivity index (χ0v) is 15.4. The Kier molecular flexibility index (Phi) is 5.97. The van der Waals surface area contributed by atoms with Crippen molar-refractivity contribution in [2.45, 2.75) is 45.6 Å². The third kappa shape index (κ3) is 4.73. The van der Waals surface area contributed by atoms with Gasteiger partial charge in [-0.1, -0.05) is 13.8 Å². The molecular weight excluding hydrogens is 316 g/mol. The fourth-order valence-electron chi connectivity index (χ4n) is 3.84. The Morgan fingerprint density at radius 2 is 2.04 bits per heavy atom. The van der Waals surface area contributed by atoms with Gasteiger partial charge in [0.2, 0.25) is 0 Å². The summed E-state index contributed by atoms with van der Waals surface area (Å²) in [4.78, 5) is 14.9. The molecule has 0 aromatic heterocycles. The summed E-state index contributed by atoms with van der Waals surface area (Å²) in [6.07, 6.45) is 4.30. The monoisotopic (exact) mass is 346 g/mol. The first-order valence-corrected chi connectivity index (χ1v) is 9.50. The van der Waals surface area contributed by atoms with Crippen LogP contribution in [0.4, 0.5) is 0 Å². The number of hydrogen-bond acceptors (Lipinski definition) is 4. The zero-order chi connectivity index (χ0) is 17.8. The second-order valence-corrected chi connectivity index (χ2v) is 7.70. The number of nitrogens with zero attached hydrogens (tertiary/aromatic N) is 1. The van der Waals surface area contributed by atoms with Crippen LogP contribution in [-0.4, -0.2) is 54.8 Å². The molecule has 5 nitrogen and oxygen atoms in total. The molecule has 1 aromatic carbocycles. The lowest BCUT2D eigenvalue weighted by Gasteiger charge is -2.34. The van der Waals surface area contributed by atoms with Crippen LogP contribution in [0.5, 0.6) is 5.75 Å². The number of benzene rings is 1. The summed E-state index contributed by atoms with van der Waals surface area (Å²) >= 11 is 0.